The zero-order valence-corrected chi connectivity index (χ0v) is 32.7. The Kier molecular flexibility index (Phi) is 7.17. The Labute approximate surface area is 339 Å². The Morgan fingerprint density at radius 2 is 0.828 bits per heavy atom. The molecule has 0 amide bonds. The van der Waals surface area contributed by atoms with Crippen LogP contribution in [-0.2, 0) is 5.41 Å². The van der Waals surface area contributed by atoms with Crippen LogP contribution in [0.25, 0.3) is 76.8 Å². The van der Waals surface area contributed by atoms with Gasteiger partial charge in [-0.2, -0.15) is 0 Å². The van der Waals surface area contributed by atoms with Crippen molar-refractivity contribution < 1.29 is 0 Å². The molecule has 0 saturated heterocycles. The molecular weight excluding hydrogens is 699 g/mol. The SMILES string of the molecule is CC1(C)c2ccccc2C2C=CC(N(c3ccc4c(c3)-c3ccccc3-c3ccccc3-c3ccccc3-4)c3ccc4c5ccccc5c5ccccc5c4c3)=CC21. The number of nitrogens with zero attached hydrogens (tertiary/aromatic N) is 1. The van der Waals surface area contributed by atoms with Crippen LogP contribution < -0.4 is 4.90 Å². The van der Waals surface area contributed by atoms with E-state index in [-0.39, 0.29) is 5.41 Å². The Morgan fingerprint density at radius 1 is 0.397 bits per heavy atom. The largest absolute Gasteiger partial charge is 0.311 e. The van der Waals surface area contributed by atoms with Crippen molar-refractivity contribution in [2.24, 2.45) is 5.92 Å². The molecule has 58 heavy (non-hydrogen) atoms. The molecule has 0 radical (unpaired) electrons. The van der Waals surface area contributed by atoms with E-state index in [0.29, 0.717) is 11.8 Å². The van der Waals surface area contributed by atoms with Crippen LogP contribution in [0.4, 0.5) is 11.4 Å². The topological polar surface area (TPSA) is 3.24 Å². The fourth-order valence-electron chi connectivity index (χ4n) is 10.8. The molecule has 2 unspecified atom stereocenters. The number of hydrogen-bond acceptors (Lipinski definition) is 1. The lowest BCUT2D eigenvalue weighted by Crippen LogP contribution is -2.28. The minimum absolute atomic E-state index is 0.0104. The summed E-state index contributed by atoms with van der Waals surface area (Å²) in [5.74, 6) is 0.675. The second-order valence-electron chi connectivity index (χ2n) is 16.8. The maximum absolute atomic E-state index is 2.57. The average Bonchev–Trinajstić information content (AvgIpc) is 3.51. The number of benzene rings is 9. The average molecular weight is 740 g/mol. The standard InChI is InChI=1S/C57H41N/c1-57(2)55-26-14-13-25-51(55)52-32-29-38(35-56(52)57)58(37-28-31-50-46-22-8-6-18-42(46)44-20-10-12-24-48(44)54(50)34-37)36-27-30-49-45-21-7-5-17-41(45)39-15-3-4-16-40(39)43-19-9-11-23-47(43)53(49)33-36/h3-35,52,56H,1-2H3. The summed E-state index contributed by atoms with van der Waals surface area (Å²) in [6.45, 7) is 4.86. The van der Waals surface area contributed by atoms with E-state index in [4.69, 9.17) is 0 Å². The van der Waals surface area contributed by atoms with Crippen molar-refractivity contribution in [1.29, 1.82) is 0 Å². The zero-order valence-electron chi connectivity index (χ0n) is 32.7. The second kappa shape index (κ2) is 12.5. The molecule has 0 fully saturated rings. The number of hydrogen-bond donors (Lipinski definition) is 0. The van der Waals surface area contributed by atoms with Gasteiger partial charge in [0.1, 0.15) is 0 Å². The van der Waals surface area contributed by atoms with E-state index in [1.807, 2.05) is 0 Å². The van der Waals surface area contributed by atoms with Gasteiger partial charge in [0.25, 0.3) is 0 Å². The van der Waals surface area contributed by atoms with Gasteiger partial charge in [0, 0.05) is 23.0 Å². The van der Waals surface area contributed by atoms with Crippen molar-refractivity contribution in [1.82, 2.24) is 0 Å². The van der Waals surface area contributed by atoms with Crippen molar-refractivity contribution >= 4 is 43.7 Å². The molecule has 3 aliphatic carbocycles. The van der Waals surface area contributed by atoms with Crippen LogP contribution >= 0.6 is 0 Å². The van der Waals surface area contributed by atoms with Crippen molar-refractivity contribution in [3.05, 3.63) is 217 Å². The minimum atomic E-state index is -0.0104. The quantitative estimate of drug-likeness (QED) is 0.163. The predicted octanol–water partition coefficient (Wildman–Crippen LogP) is 15.4. The molecular formula is C57H41N. The highest BCUT2D eigenvalue weighted by atomic mass is 15.1. The lowest BCUT2D eigenvalue weighted by atomic mass is 9.74. The number of rotatable bonds is 3. The Balaban J connectivity index is 1.12. The highest BCUT2D eigenvalue weighted by Crippen LogP contribution is 2.55. The summed E-state index contributed by atoms with van der Waals surface area (Å²) in [5, 5.41) is 7.70. The van der Waals surface area contributed by atoms with Gasteiger partial charge in [-0.05, 0) is 130 Å². The summed E-state index contributed by atoms with van der Waals surface area (Å²) in [6.07, 6.45) is 7.43. The molecule has 2 atom stereocenters. The molecule has 274 valence electrons. The van der Waals surface area contributed by atoms with Gasteiger partial charge in [0.2, 0.25) is 0 Å². The monoisotopic (exact) mass is 739 g/mol. The third-order valence-electron chi connectivity index (χ3n) is 13.5. The van der Waals surface area contributed by atoms with E-state index in [2.05, 4.69) is 219 Å². The molecule has 0 saturated carbocycles. The molecule has 9 aromatic rings. The molecule has 12 rings (SSSR count). The normalized spacial score (nSPS) is 17.0. The van der Waals surface area contributed by atoms with Crippen molar-refractivity contribution in [2.75, 3.05) is 4.90 Å². The van der Waals surface area contributed by atoms with Crippen LogP contribution in [0.1, 0.15) is 30.9 Å². The summed E-state index contributed by atoms with van der Waals surface area (Å²) < 4.78 is 0. The fourth-order valence-corrected chi connectivity index (χ4v) is 10.8. The van der Waals surface area contributed by atoms with E-state index in [1.165, 1.54) is 93.6 Å². The summed E-state index contributed by atoms with van der Waals surface area (Å²) in [7, 11) is 0. The first kappa shape index (κ1) is 33.2. The van der Waals surface area contributed by atoms with Crippen LogP contribution in [0.2, 0.25) is 0 Å². The first-order valence-electron chi connectivity index (χ1n) is 20.6. The number of fused-ring (bicyclic) bond motifs is 17. The van der Waals surface area contributed by atoms with Gasteiger partial charge in [-0.1, -0.05) is 184 Å². The van der Waals surface area contributed by atoms with Gasteiger partial charge in [-0.3, -0.25) is 0 Å². The number of allylic oxidation sites excluding steroid dienone is 3. The van der Waals surface area contributed by atoms with Gasteiger partial charge in [-0.15, -0.1) is 0 Å². The maximum Gasteiger partial charge on any atom is 0.0468 e. The fraction of sp³-hybridized carbons (Fsp3) is 0.0877. The Hall–Kier alpha value is -6.96. The van der Waals surface area contributed by atoms with E-state index >= 15 is 0 Å². The third-order valence-corrected chi connectivity index (χ3v) is 13.5. The van der Waals surface area contributed by atoms with Crippen molar-refractivity contribution in [2.45, 2.75) is 25.2 Å². The van der Waals surface area contributed by atoms with E-state index in [9.17, 15) is 0 Å². The van der Waals surface area contributed by atoms with Crippen LogP contribution in [0.15, 0.2) is 206 Å². The highest BCUT2D eigenvalue weighted by Gasteiger charge is 2.45. The molecule has 0 aliphatic heterocycles. The van der Waals surface area contributed by atoms with Gasteiger partial charge in [-0.25, -0.2) is 0 Å². The second-order valence-corrected chi connectivity index (χ2v) is 16.8. The van der Waals surface area contributed by atoms with Crippen molar-refractivity contribution in [3.63, 3.8) is 0 Å². The molecule has 0 N–H and O–H groups in total. The summed E-state index contributed by atoms with van der Waals surface area (Å²) in [4.78, 5) is 2.52. The molecule has 9 aromatic carbocycles. The maximum atomic E-state index is 2.57. The molecule has 1 nitrogen and oxygen atoms in total. The van der Waals surface area contributed by atoms with Crippen molar-refractivity contribution in [3.8, 4) is 44.5 Å². The molecule has 0 spiro atoms. The van der Waals surface area contributed by atoms with Crippen LogP contribution in [0.5, 0.6) is 0 Å². The molecule has 1 heteroatoms. The lowest BCUT2D eigenvalue weighted by molar-refractivity contribution is 0.392. The predicted molar refractivity (Wildman–Crippen MR) is 246 cm³/mol. The van der Waals surface area contributed by atoms with E-state index in [1.54, 1.807) is 0 Å². The van der Waals surface area contributed by atoms with Gasteiger partial charge >= 0.3 is 0 Å². The Morgan fingerprint density at radius 3 is 1.41 bits per heavy atom. The molecule has 0 aromatic heterocycles. The molecule has 0 bridgehead atoms. The Bertz CT molecular complexity index is 3190. The molecule has 0 heterocycles. The summed E-state index contributed by atoms with van der Waals surface area (Å²) in [5.41, 5.74) is 16.4. The van der Waals surface area contributed by atoms with Crippen LogP contribution in [-0.4, -0.2) is 0 Å². The van der Waals surface area contributed by atoms with Crippen LogP contribution in [0.3, 0.4) is 0 Å². The zero-order chi connectivity index (χ0) is 38.5. The third kappa shape index (κ3) is 4.77. The van der Waals surface area contributed by atoms with Gasteiger partial charge in [0.05, 0.1) is 0 Å². The summed E-state index contributed by atoms with van der Waals surface area (Å²) >= 11 is 0. The van der Waals surface area contributed by atoms with Gasteiger partial charge < -0.3 is 4.90 Å². The van der Waals surface area contributed by atoms with E-state index < -0.39 is 0 Å². The lowest BCUT2D eigenvalue weighted by Gasteiger charge is -2.35. The number of anilines is 2. The van der Waals surface area contributed by atoms with Crippen LogP contribution in [0, 0.1) is 5.92 Å². The van der Waals surface area contributed by atoms with E-state index in [0.717, 1.165) is 11.4 Å². The minimum Gasteiger partial charge on any atom is -0.311 e. The van der Waals surface area contributed by atoms with Gasteiger partial charge in [0.15, 0.2) is 0 Å². The molecule has 3 aliphatic rings. The smallest absolute Gasteiger partial charge is 0.0468 e. The highest BCUT2D eigenvalue weighted by molar-refractivity contribution is 6.25. The summed E-state index contributed by atoms with van der Waals surface area (Å²) in [6, 6.07) is 67.9. The first-order valence-corrected chi connectivity index (χ1v) is 20.6. The first-order chi connectivity index (χ1) is 28.5.